The van der Waals surface area contributed by atoms with Crippen LogP contribution in [-0.2, 0) is 0 Å². The van der Waals surface area contributed by atoms with Crippen molar-refractivity contribution in [2.45, 2.75) is 0 Å². The first-order valence-electron chi connectivity index (χ1n) is 7.23. The van der Waals surface area contributed by atoms with Gasteiger partial charge in [0.05, 0.1) is 7.11 Å². The summed E-state index contributed by atoms with van der Waals surface area (Å²) < 4.78 is 7.13. The highest BCUT2D eigenvalue weighted by atomic mass is 32.1. The van der Waals surface area contributed by atoms with E-state index < -0.39 is 0 Å². The number of nitriles is 2. The van der Waals surface area contributed by atoms with E-state index in [0.29, 0.717) is 4.88 Å². The molecule has 0 unspecified atom stereocenters. The molecule has 0 radical (unpaired) electrons. The Morgan fingerprint density at radius 1 is 0.840 bits per heavy atom. The topological polar surface area (TPSA) is 77.0 Å². The molecule has 6 heteroatoms. The Hall–Kier alpha value is -3.06. The minimum Gasteiger partial charge on any atom is -0.508 e. The zero-order valence-corrected chi connectivity index (χ0v) is 14.8. The third kappa shape index (κ3) is 3.72. The maximum atomic E-state index is 9.14. The Labute approximate surface area is 152 Å². The molecule has 4 aromatic rings. The van der Waals surface area contributed by atoms with Crippen LogP contribution < -0.4 is 4.74 Å². The van der Waals surface area contributed by atoms with Crippen LogP contribution in [0.2, 0.25) is 0 Å². The number of benzene rings is 2. The van der Waals surface area contributed by atoms with Gasteiger partial charge in [-0.25, -0.2) is 0 Å². The SMILES string of the molecule is COc1ccc2cc(C#N)sc2c1.N#Cc1cc2ccc(O)cc2s1. The second kappa shape index (κ2) is 7.23. The van der Waals surface area contributed by atoms with Gasteiger partial charge in [-0.15, -0.1) is 22.7 Å². The molecule has 0 aliphatic rings. The fraction of sp³-hybridized carbons (Fsp3) is 0.0526. The van der Waals surface area contributed by atoms with Crippen molar-refractivity contribution < 1.29 is 9.84 Å². The van der Waals surface area contributed by atoms with Gasteiger partial charge >= 0.3 is 0 Å². The van der Waals surface area contributed by atoms with Crippen LogP contribution in [0.25, 0.3) is 20.2 Å². The number of hydrogen-bond donors (Lipinski definition) is 1. The number of phenols is 1. The van der Waals surface area contributed by atoms with E-state index in [0.717, 1.165) is 30.8 Å². The van der Waals surface area contributed by atoms with Crippen LogP contribution in [0, 0.1) is 22.7 Å². The molecule has 0 aliphatic carbocycles. The van der Waals surface area contributed by atoms with E-state index in [9.17, 15) is 0 Å². The highest BCUT2D eigenvalue weighted by Gasteiger charge is 2.02. The predicted octanol–water partition coefficient (Wildman–Crippen LogP) is 5.26. The van der Waals surface area contributed by atoms with Gasteiger partial charge in [0.2, 0.25) is 0 Å². The zero-order valence-electron chi connectivity index (χ0n) is 13.2. The van der Waals surface area contributed by atoms with Gasteiger partial charge < -0.3 is 9.84 Å². The molecular formula is C19H12N2O2S2. The van der Waals surface area contributed by atoms with Crippen molar-refractivity contribution in [3.63, 3.8) is 0 Å². The molecule has 25 heavy (non-hydrogen) atoms. The minimum absolute atomic E-state index is 0.244. The van der Waals surface area contributed by atoms with Crippen molar-refractivity contribution in [3.8, 4) is 23.6 Å². The summed E-state index contributed by atoms with van der Waals surface area (Å²) in [5, 5.41) is 28.5. The van der Waals surface area contributed by atoms with Crippen LogP contribution in [0.1, 0.15) is 9.75 Å². The fourth-order valence-corrected chi connectivity index (χ4v) is 4.05. The average molecular weight is 364 g/mol. The van der Waals surface area contributed by atoms with Crippen LogP contribution in [0.3, 0.4) is 0 Å². The first kappa shape index (κ1) is 16.8. The van der Waals surface area contributed by atoms with Gasteiger partial charge in [0, 0.05) is 9.40 Å². The van der Waals surface area contributed by atoms with Gasteiger partial charge in [-0.05, 0) is 59.3 Å². The lowest BCUT2D eigenvalue weighted by Gasteiger charge is -1.97. The normalized spacial score (nSPS) is 9.88. The van der Waals surface area contributed by atoms with Crippen LogP contribution >= 0.6 is 22.7 Å². The third-order valence-corrected chi connectivity index (χ3v) is 5.46. The fourth-order valence-electron chi connectivity index (χ4n) is 2.27. The zero-order chi connectivity index (χ0) is 17.8. The summed E-state index contributed by atoms with van der Waals surface area (Å²) >= 11 is 2.88. The van der Waals surface area contributed by atoms with Crippen molar-refractivity contribution in [1.82, 2.24) is 0 Å². The van der Waals surface area contributed by atoms with Crippen LogP contribution in [0.15, 0.2) is 48.5 Å². The number of methoxy groups -OCH3 is 1. The standard InChI is InChI=1S/C10H7NOS.C9H5NOS/c1-12-8-3-2-7-4-9(6-11)13-10(7)5-8;10-5-8-3-6-1-2-7(11)4-9(6)12-8/h2-5H,1H3;1-4,11H. The quantitative estimate of drug-likeness (QED) is 0.500. The summed E-state index contributed by atoms with van der Waals surface area (Å²) in [6, 6.07) is 18.8. The lowest BCUT2D eigenvalue weighted by Crippen LogP contribution is -1.79. The molecule has 0 aliphatic heterocycles. The van der Waals surface area contributed by atoms with Crippen molar-refractivity contribution in [2.24, 2.45) is 0 Å². The van der Waals surface area contributed by atoms with Crippen LogP contribution in [-0.4, -0.2) is 12.2 Å². The van der Waals surface area contributed by atoms with E-state index in [1.54, 1.807) is 19.2 Å². The van der Waals surface area contributed by atoms with E-state index in [1.807, 2.05) is 36.4 Å². The molecule has 0 fully saturated rings. The van der Waals surface area contributed by atoms with E-state index >= 15 is 0 Å². The van der Waals surface area contributed by atoms with Crippen molar-refractivity contribution >= 4 is 42.8 Å². The number of rotatable bonds is 1. The van der Waals surface area contributed by atoms with Crippen LogP contribution in [0.4, 0.5) is 0 Å². The molecule has 0 spiro atoms. The second-order valence-electron chi connectivity index (χ2n) is 5.07. The molecule has 2 aromatic heterocycles. The lowest BCUT2D eigenvalue weighted by atomic mass is 10.2. The Morgan fingerprint density at radius 2 is 1.40 bits per heavy atom. The molecule has 0 atom stereocenters. The Kier molecular flexibility index (Phi) is 4.85. The van der Waals surface area contributed by atoms with Crippen molar-refractivity contribution in [3.05, 3.63) is 58.3 Å². The first-order valence-corrected chi connectivity index (χ1v) is 8.86. The number of nitrogens with zero attached hydrogens (tertiary/aromatic N) is 2. The van der Waals surface area contributed by atoms with Gasteiger partial charge in [0.15, 0.2) is 0 Å². The summed E-state index contributed by atoms with van der Waals surface area (Å²) in [7, 11) is 1.64. The highest BCUT2D eigenvalue weighted by Crippen LogP contribution is 2.29. The lowest BCUT2D eigenvalue weighted by molar-refractivity contribution is 0.415. The molecule has 1 N–H and O–H groups in total. The number of fused-ring (bicyclic) bond motifs is 2. The monoisotopic (exact) mass is 364 g/mol. The van der Waals surface area contributed by atoms with Gasteiger partial charge in [-0.3, -0.25) is 0 Å². The first-order chi connectivity index (χ1) is 12.1. The number of phenolic OH excluding ortho intramolecular Hbond substituents is 1. The summed E-state index contributed by atoms with van der Waals surface area (Å²) in [4.78, 5) is 1.42. The summed E-state index contributed by atoms with van der Waals surface area (Å²) in [5.74, 6) is 1.08. The summed E-state index contributed by atoms with van der Waals surface area (Å²) in [6.07, 6.45) is 0. The third-order valence-electron chi connectivity index (χ3n) is 3.45. The molecule has 0 saturated carbocycles. The number of thiophene rings is 2. The summed E-state index contributed by atoms with van der Waals surface area (Å²) in [5.41, 5.74) is 0. The molecule has 122 valence electrons. The smallest absolute Gasteiger partial charge is 0.120 e. The Bertz CT molecular complexity index is 1130. The number of aromatic hydroxyl groups is 1. The number of hydrogen-bond acceptors (Lipinski definition) is 6. The maximum absolute atomic E-state index is 9.14. The molecule has 2 aromatic carbocycles. The molecule has 4 rings (SSSR count). The molecule has 0 bridgehead atoms. The molecule has 0 amide bonds. The van der Waals surface area contributed by atoms with E-state index in [-0.39, 0.29) is 5.75 Å². The van der Waals surface area contributed by atoms with Crippen molar-refractivity contribution in [2.75, 3.05) is 7.11 Å². The molecule has 2 heterocycles. The summed E-state index contributed by atoms with van der Waals surface area (Å²) in [6.45, 7) is 0. The minimum atomic E-state index is 0.244. The van der Waals surface area contributed by atoms with Gasteiger partial charge in [0.1, 0.15) is 33.4 Å². The molecular weight excluding hydrogens is 352 g/mol. The predicted molar refractivity (Wildman–Crippen MR) is 101 cm³/mol. The number of ether oxygens (including phenoxy) is 1. The highest BCUT2D eigenvalue weighted by molar-refractivity contribution is 7.19. The van der Waals surface area contributed by atoms with Crippen molar-refractivity contribution in [1.29, 1.82) is 10.5 Å². The maximum Gasteiger partial charge on any atom is 0.120 e. The van der Waals surface area contributed by atoms with E-state index in [1.165, 1.54) is 22.7 Å². The Morgan fingerprint density at radius 3 is 1.96 bits per heavy atom. The van der Waals surface area contributed by atoms with Gasteiger partial charge in [-0.1, -0.05) is 0 Å². The average Bonchev–Trinajstić information content (AvgIpc) is 3.24. The van der Waals surface area contributed by atoms with Crippen LogP contribution in [0.5, 0.6) is 11.5 Å². The second-order valence-corrected chi connectivity index (χ2v) is 7.24. The van der Waals surface area contributed by atoms with E-state index in [4.69, 9.17) is 20.4 Å². The molecule has 0 saturated heterocycles. The van der Waals surface area contributed by atoms with E-state index in [2.05, 4.69) is 12.1 Å². The Balaban J connectivity index is 0.000000146. The molecule has 4 nitrogen and oxygen atoms in total. The van der Waals surface area contributed by atoms with Gasteiger partial charge in [0.25, 0.3) is 0 Å². The van der Waals surface area contributed by atoms with Gasteiger partial charge in [-0.2, -0.15) is 10.5 Å². The largest absolute Gasteiger partial charge is 0.508 e.